The van der Waals surface area contributed by atoms with Crippen LogP contribution in [0.3, 0.4) is 0 Å². The number of nitrogens with one attached hydrogen (secondary N) is 1. The maximum absolute atomic E-state index is 11.3. The zero-order valence-corrected chi connectivity index (χ0v) is 10.7. The van der Waals surface area contributed by atoms with Crippen LogP contribution in [-0.4, -0.2) is 36.7 Å². The van der Waals surface area contributed by atoms with E-state index in [4.69, 9.17) is 9.52 Å². The van der Waals surface area contributed by atoms with Gasteiger partial charge in [-0.15, -0.1) is 0 Å². The van der Waals surface area contributed by atoms with Gasteiger partial charge in [0, 0.05) is 12.6 Å². The van der Waals surface area contributed by atoms with E-state index < -0.39 is 0 Å². The first-order chi connectivity index (χ1) is 8.69. The second-order valence-corrected chi connectivity index (χ2v) is 4.90. The molecule has 1 fully saturated rings. The van der Waals surface area contributed by atoms with E-state index in [1.54, 1.807) is 0 Å². The van der Waals surface area contributed by atoms with Crippen LogP contribution in [0.25, 0.3) is 0 Å². The summed E-state index contributed by atoms with van der Waals surface area (Å²) in [7, 11) is 1.97. The van der Waals surface area contributed by atoms with Crippen molar-refractivity contribution in [1.82, 2.24) is 10.2 Å². The summed E-state index contributed by atoms with van der Waals surface area (Å²) < 4.78 is 5.23. The predicted octanol–water partition coefficient (Wildman–Crippen LogP) is 0.777. The molecule has 0 aromatic carbocycles. The lowest BCUT2D eigenvalue weighted by Gasteiger charge is -2.32. The molecule has 1 aliphatic heterocycles. The molecule has 0 bridgehead atoms. The molecular weight excluding hydrogens is 232 g/mol. The third kappa shape index (κ3) is 3.34. The summed E-state index contributed by atoms with van der Waals surface area (Å²) in [6.07, 6.45) is 3.54. The fourth-order valence-electron chi connectivity index (χ4n) is 2.50. The normalized spacial score (nSPS) is 21.1. The SMILES string of the molecule is CNCC1CCCN(Cc2cc(=O)c(O)co2)C1. The van der Waals surface area contributed by atoms with Gasteiger partial charge in [0.25, 0.3) is 0 Å². The smallest absolute Gasteiger partial charge is 0.226 e. The zero-order chi connectivity index (χ0) is 13.0. The highest BCUT2D eigenvalue weighted by Crippen LogP contribution is 2.18. The maximum Gasteiger partial charge on any atom is 0.226 e. The topological polar surface area (TPSA) is 65.7 Å². The van der Waals surface area contributed by atoms with E-state index >= 15 is 0 Å². The van der Waals surface area contributed by atoms with Gasteiger partial charge in [0.1, 0.15) is 12.0 Å². The summed E-state index contributed by atoms with van der Waals surface area (Å²) in [4.78, 5) is 13.6. The minimum absolute atomic E-state index is 0.328. The summed E-state index contributed by atoms with van der Waals surface area (Å²) >= 11 is 0. The van der Waals surface area contributed by atoms with Crippen molar-refractivity contribution in [2.75, 3.05) is 26.7 Å². The Hall–Kier alpha value is -1.33. The second-order valence-electron chi connectivity index (χ2n) is 4.90. The fraction of sp³-hybridized carbons (Fsp3) is 0.615. The van der Waals surface area contributed by atoms with E-state index in [1.807, 2.05) is 7.05 Å². The van der Waals surface area contributed by atoms with Crippen molar-refractivity contribution in [1.29, 1.82) is 0 Å². The van der Waals surface area contributed by atoms with Crippen molar-refractivity contribution in [3.8, 4) is 5.75 Å². The summed E-state index contributed by atoms with van der Waals surface area (Å²) in [5, 5.41) is 12.3. The van der Waals surface area contributed by atoms with Crippen LogP contribution in [0.4, 0.5) is 0 Å². The number of hydrogen-bond acceptors (Lipinski definition) is 5. The van der Waals surface area contributed by atoms with Crippen LogP contribution in [0.2, 0.25) is 0 Å². The molecule has 100 valence electrons. The number of hydrogen-bond donors (Lipinski definition) is 2. The highest BCUT2D eigenvalue weighted by Gasteiger charge is 2.20. The number of likely N-dealkylation sites (tertiary alicyclic amines) is 1. The molecule has 5 nitrogen and oxygen atoms in total. The Morgan fingerprint density at radius 1 is 1.61 bits per heavy atom. The Labute approximate surface area is 106 Å². The zero-order valence-electron chi connectivity index (χ0n) is 10.7. The van der Waals surface area contributed by atoms with Crippen molar-refractivity contribution < 1.29 is 9.52 Å². The average molecular weight is 252 g/mol. The Morgan fingerprint density at radius 2 is 2.44 bits per heavy atom. The largest absolute Gasteiger partial charge is 0.502 e. The lowest BCUT2D eigenvalue weighted by Crippen LogP contribution is -2.38. The molecule has 1 aromatic rings. The van der Waals surface area contributed by atoms with E-state index in [0.29, 0.717) is 18.2 Å². The third-order valence-corrected chi connectivity index (χ3v) is 3.34. The lowest BCUT2D eigenvalue weighted by molar-refractivity contribution is 0.155. The van der Waals surface area contributed by atoms with Gasteiger partial charge in [-0.3, -0.25) is 9.69 Å². The van der Waals surface area contributed by atoms with Crippen LogP contribution < -0.4 is 10.7 Å². The summed E-state index contributed by atoms with van der Waals surface area (Å²) in [5.41, 5.74) is -0.375. The van der Waals surface area contributed by atoms with Gasteiger partial charge >= 0.3 is 0 Å². The molecule has 0 amide bonds. The van der Waals surface area contributed by atoms with Crippen LogP contribution >= 0.6 is 0 Å². The van der Waals surface area contributed by atoms with Gasteiger partial charge < -0.3 is 14.8 Å². The first-order valence-electron chi connectivity index (χ1n) is 6.36. The molecule has 1 aliphatic rings. The monoisotopic (exact) mass is 252 g/mol. The fourth-order valence-corrected chi connectivity index (χ4v) is 2.50. The van der Waals surface area contributed by atoms with Crippen LogP contribution in [0, 0.1) is 5.92 Å². The molecule has 0 spiro atoms. The number of aromatic hydroxyl groups is 1. The van der Waals surface area contributed by atoms with E-state index in [2.05, 4.69) is 10.2 Å². The minimum Gasteiger partial charge on any atom is -0.502 e. The summed E-state index contributed by atoms with van der Waals surface area (Å²) in [5.74, 6) is 0.945. The maximum atomic E-state index is 11.3. The van der Waals surface area contributed by atoms with Gasteiger partial charge in [-0.1, -0.05) is 0 Å². The van der Waals surface area contributed by atoms with Crippen molar-refractivity contribution in [2.24, 2.45) is 5.92 Å². The van der Waals surface area contributed by atoms with Crippen molar-refractivity contribution in [3.05, 3.63) is 28.3 Å². The van der Waals surface area contributed by atoms with Gasteiger partial charge in [-0.05, 0) is 38.9 Å². The molecule has 2 N–H and O–H groups in total. The summed E-state index contributed by atoms with van der Waals surface area (Å²) in [6.45, 7) is 3.71. The molecule has 18 heavy (non-hydrogen) atoms. The molecule has 5 heteroatoms. The Balaban J connectivity index is 1.96. The molecule has 1 aromatic heterocycles. The van der Waals surface area contributed by atoms with Crippen LogP contribution in [0.5, 0.6) is 5.75 Å². The Morgan fingerprint density at radius 3 is 3.17 bits per heavy atom. The highest BCUT2D eigenvalue weighted by atomic mass is 16.4. The second kappa shape index (κ2) is 6.02. The standard InChI is InChI=1S/C13H20N2O3/c1-14-6-10-3-2-4-15(7-10)8-11-5-12(16)13(17)9-18-11/h5,9-10,14,17H,2-4,6-8H2,1H3. The van der Waals surface area contributed by atoms with E-state index in [0.717, 1.165) is 25.9 Å². The quantitative estimate of drug-likeness (QED) is 0.829. The first kappa shape index (κ1) is 13.1. The van der Waals surface area contributed by atoms with Crippen molar-refractivity contribution in [3.63, 3.8) is 0 Å². The average Bonchev–Trinajstić information content (AvgIpc) is 2.35. The Bertz CT molecular complexity index is 442. The molecule has 0 radical (unpaired) electrons. The van der Waals surface area contributed by atoms with Gasteiger partial charge in [0.2, 0.25) is 5.43 Å². The Kier molecular flexibility index (Phi) is 4.38. The highest BCUT2D eigenvalue weighted by molar-refractivity contribution is 5.15. The van der Waals surface area contributed by atoms with Gasteiger partial charge in [0.15, 0.2) is 5.75 Å². The number of nitrogens with zero attached hydrogens (tertiary/aromatic N) is 1. The molecule has 1 saturated heterocycles. The minimum atomic E-state index is -0.375. The van der Waals surface area contributed by atoms with Gasteiger partial charge in [-0.25, -0.2) is 0 Å². The third-order valence-electron chi connectivity index (χ3n) is 3.34. The predicted molar refractivity (Wildman–Crippen MR) is 68.6 cm³/mol. The number of piperidine rings is 1. The van der Waals surface area contributed by atoms with Gasteiger partial charge in [0.05, 0.1) is 6.54 Å². The molecular formula is C13H20N2O3. The van der Waals surface area contributed by atoms with Crippen LogP contribution in [0.15, 0.2) is 21.5 Å². The van der Waals surface area contributed by atoms with Crippen LogP contribution in [0.1, 0.15) is 18.6 Å². The van der Waals surface area contributed by atoms with E-state index in [1.165, 1.54) is 18.9 Å². The molecule has 2 heterocycles. The van der Waals surface area contributed by atoms with E-state index in [9.17, 15) is 4.79 Å². The summed E-state index contributed by atoms with van der Waals surface area (Å²) in [6, 6.07) is 1.37. The lowest BCUT2D eigenvalue weighted by atomic mass is 9.98. The van der Waals surface area contributed by atoms with E-state index in [-0.39, 0.29) is 11.2 Å². The van der Waals surface area contributed by atoms with Gasteiger partial charge in [-0.2, -0.15) is 0 Å². The molecule has 1 atom stereocenters. The first-order valence-corrected chi connectivity index (χ1v) is 6.36. The number of rotatable bonds is 4. The molecule has 0 saturated carbocycles. The molecule has 1 unspecified atom stereocenters. The molecule has 0 aliphatic carbocycles. The van der Waals surface area contributed by atoms with Crippen molar-refractivity contribution in [2.45, 2.75) is 19.4 Å². The van der Waals surface area contributed by atoms with Crippen LogP contribution in [-0.2, 0) is 6.54 Å². The molecule has 2 rings (SSSR count). The van der Waals surface area contributed by atoms with Crippen molar-refractivity contribution >= 4 is 0 Å².